The molecule has 1 saturated heterocycles. The van der Waals surface area contributed by atoms with Gasteiger partial charge in [-0.15, -0.1) is 0 Å². The van der Waals surface area contributed by atoms with Gasteiger partial charge in [0.05, 0.1) is 6.26 Å². The number of alkyl halides is 3. The highest BCUT2D eigenvalue weighted by Crippen LogP contribution is 2.35. The fourth-order valence-electron chi connectivity index (χ4n) is 3.36. The predicted octanol–water partition coefficient (Wildman–Crippen LogP) is 2.40. The van der Waals surface area contributed by atoms with Gasteiger partial charge in [0.15, 0.2) is 5.76 Å². The zero-order chi connectivity index (χ0) is 18.9. The van der Waals surface area contributed by atoms with Gasteiger partial charge < -0.3 is 9.73 Å². The lowest BCUT2D eigenvalue weighted by Gasteiger charge is -2.30. The predicted molar refractivity (Wildman–Crippen MR) is 81.8 cm³/mol. The lowest BCUT2D eigenvalue weighted by Crippen LogP contribution is -2.69. The Labute approximate surface area is 146 Å². The molecule has 1 saturated carbocycles. The summed E-state index contributed by atoms with van der Waals surface area (Å²) in [4.78, 5) is 37.2. The molecule has 7 nitrogen and oxygen atoms in total. The number of hydrogen-bond acceptors (Lipinski definition) is 4. The van der Waals surface area contributed by atoms with E-state index in [1.54, 1.807) is 10.6 Å². The Morgan fingerprint density at radius 3 is 2.58 bits per heavy atom. The van der Waals surface area contributed by atoms with Gasteiger partial charge in [0.25, 0.3) is 17.5 Å². The first-order chi connectivity index (χ1) is 12.2. The van der Waals surface area contributed by atoms with E-state index in [2.05, 4.69) is 0 Å². The average Bonchev–Trinajstić information content (AvgIpc) is 3.19. The largest absolute Gasteiger partial charge is 0.459 e. The van der Waals surface area contributed by atoms with Gasteiger partial charge >= 0.3 is 12.2 Å². The Balaban J connectivity index is 1.84. The molecule has 0 radical (unpaired) electrons. The number of furan rings is 1. The van der Waals surface area contributed by atoms with Crippen LogP contribution in [0.15, 0.2) is 22.8 Å². The first kappa shape index (κ1) is 18.3. The molecule has 1 aromatic heterocycles. The molecule has 2 aliphatic rings. The molecule has 26 heavy (non-hydrogen) atoms. The first-order valence-corrected chi connectivity index (χ1v) is 8.31. The van der Waals surface area contributed by atoms with Crippen LogP contribution in [0.1, 0.15) is 42.7 Å². The van der Waals surface area contributed by atoms with Crippen LogP contribution in [0.3, 0.4) is 0 Å². The zero-order valence-corrected chi connectivity index (χ0v) is 13.8. The lowest BCUT2D eigenvalue weighted by molar-refractivity contribution is -0.200. The molecule has 10 heteroatoms. The maximum atomic E-state index is 13.7. The van der Waals surface area contributed by atoms with Crippen molar-refractivity contribution in [1.29, 1.82) is 0 Å². The van der Waals surface area contributed by atoms with Crippen molar-refractivity contribution in [1.82, 2.24) is 15.5 Å². The van der Waals surface area contributed by atoms with Gasteiger partial charge in [-0.3, -0.25) is 19.8 Å². The van der Waals surface area contributed by atoms with E-state index in [0.717, 1.165) is 44.4 Å². The number of nitrogens with one attached hydrogen (secondary N) is 2. The Hall–Kier alpha value is -2.52. The minimum atomic E-state index is -5.22. The minimum Gasteiger partial charge on any atom is -0.459 e. The smallest absolute Gasteiger partial charge is 0.440 e. The Bertz CT molecular complexity index is 698. The standard InChI is InChI=1S/C16H18F3N3O4/c17-16(18,19)15(20-12(23)11-7-4-8-26-11)13(24)22(14(25)21-15)9-10-5-2-1-3-6-10/h4,7-8,10H,1-3,5-6,9H2,(H,20,23)(H,21,25)/t15-/m1/s1. The summed E-state index contributed by atoms with van der Waals surface area (Å²) >= 11 is 0. The molecule has 0 unspecified atom stereocenters. The van der Waals surface area contributed by atoms with Crippen molar-refractivity contribution in [3.05, 3.63) is 24.2 Å². The number of hydrogen-bond donors (Lipinski definition) is 2. The number of imide groups is 1. The molecule has 3 rings (SSSR count). The van der Waals surface area contributed by atoms with Gasteiger partial charge in [0.2, 0.25) is 0 Å². The molecule has 1 atom stereocenters. The highest BCUT2D eigenvalue weighted by molar-refractivity contribution is 6.10. The van der Waals surface area contributed by atoms with Crippen LogP contribution in [0.25, 0.3) is 0 Å². The van der Waals surface area contributed by atoms with Gasteiger partial charge in [-0.1, -0.05) is 19.3 Å². The number of halogens is 3. The van der Waals surface area contributed by atoms with Crippen LogP contribution < -0.4 is 10.6 Å². The number of carbonyl (C=O) groups excluding carboxylic acids is 3. The summed E-state index contributed by atoms with van der Waals surface area (Å²) in [7, 11) is 0. The quantitative estimate of drug-likeness (QED) is 0.793. The third-order valence-corrected chi connectivity index (χ3v) is 4.74. The maximum Gasteiger partial charge on any atom is 0.440 e. The summed E-state index contributed by atoms with van der Waals surface area (Å²) in [6, 6.07) is 1.30. The minimum absolute atomic E-state index is 0.0386. The van der Waals surface area contributed by atoms with E-state index in [9.17, 15) is 27.6 Å². The van der Waals surface area contributed by atoms with E-state index in [4.69, 9.17) is 4.42 Å². The van der Waals surface area contributed by atoms with Crippen LogP contribution in [0.4, 0.5) is 18.0 Å². The second kappa shape index (κ2) is 6.65. The fraction of sp³-hybridized carbons (Fsp3) is 0.562. The molecule has 0 bridgehead atoms. The van der Waals surface area contributed by atoms with Crippen LogP contribution in [0, 0.1) is 5.92 Å². The summed E-state index contributed by atoms with van der Waals surface area (Å²) in [5, 5.41) is 3.23. The molecule has 1 aliphatic carbocycles. The fourth-order valence-corrected chi connectivity index (χ4v) is 3.36. The highest BCUT2D eigenvalue weighted by atomic mass is 19.4. The molecular formula is C16H18F3N3O4. The van der Waals surface area contributed by atoms with E-state index in [1.807, 2.05) is 0 Å². The van der Waals surface area contributed by atoms with Gasteiger partial charge in [-0.25, -0.2) is 4.79 Å². The number of urea groups is 1. The highest BCUT2D eigenvalue weighted by Gasteiger charge is 2.69. The molecular weight excluding hydrogens is 355 g/mol. The lowest BCUT2D eigenvalue weighted by atomic mass is 9.89. The van der Waals surface area contributed by atoms with E-state index >= 15 is 0 Å². The van der Waals surface area contributed by atoms with Crippen LogP contribution in [0.5, 0.6) is 0 Å². The maximum absolute atomic E-state index is 13.7. The number of rotatable bonds is 4. The molecule has 0 spiro atoms. The van der Waals surface area contributed by atoms with Crippen molar-refractivity contribution in [3.8, 4) is 0 Å². The SMILES string of the molecule is O=C(N[C@@]1(C(F)(F)F)NC(=O)N(CC2CCCCC2)C1=O)c1ccco1. The van der Waals surface area contributed by atoms with Crippen LogP contribution in [-0.2, 0) is 4.79 Å². The third kappa shape index (κ3) is 3.15. The van der Waals surface area contributed by atoms with Crippen LogP contribution >= 0.6 is 0 Å². The molecule has 2 N–H and O–H groups in total. The van der Waals surface area contributed by atoms with Crippen molar-refractivity contribution in [2.45, 2.75) is 43.9 Å². The summed E-state index contributed by atoms with van der Waals surface area (Å²) in [6.07, 6.45) is 0.233. The molecule has 0 aromatic carbocycles. The summed E-state index contributed by atoms with van der Waals surface area (Å²) in [6.45, 7) is -0.0981. The van der Waals surface area contributed by atoms with Crippen LogP contribution in [-0.4, -0.2) is 41.1 Å². The Morgan fingerprint density at radius 1 is 1.31 bits per heavy atom. The molecule has 1 aliphatic heterocycles. The van der Waals surface area contributed by atoms with E-state index in [-0.39, 0.29) is 12.5 Å². The molecule has 4 amide bonds. The number of carbonyl (C=O) groups is 3. The molecule has 1 aromatic rings. The molecule has 142 valence electrons. The summed E-state index contributed by atoms with van der Waals surface area (Å²) in [5.41, 5.74) is -3.50. The van der Waals surface area contributed by atoms with Crippen molar-refractivity contribution in [2.75, 3.05) is 6.54 Å². The van der Waals surface area contributed by atoms with Gasteiger partial charge in [0.1, 0.15) is 0 Å². The second-order valence-electron chi connectivity index (χ2n) is 6.53. The number of nitrogens with zero attached hydrogens (tertiary/aromatic N) is 1. The third-order valence-electron chi connectivity index (χ3n) is 4.74. The van der Waals surface area contributed by atoms with E-state index in [1.165, 1.54) is 6.07 Å². The van der Waals surface area contributed by atoms with Crippen molar-refractivity contribution >= 4 is 17.8 Å². The average molecular weight is 373 g/mol. The molecule has 2 fully saturated rings. The summed E-state index contributed by atoms with van der Waals surface area (Å²) < 4.78 is 45.8. The second-order valence-corrected chi connectivity index (χ2v) is 6.53. The van der Waals surface area contributed by atoms with Gasteiger partial charge in [0, 0.05) is 6.54 Å². The zero-order valence-electron chi connectivity index (χ0n) is 13.8. The van der Waals surface area contributed by atoms with Gasteiger partial charge in [-0.2, -0.15) is 13.2 Å². The Morgan fingerprint density at radius 2 is 2.00 bits per heavy atom. The monoisotopic (exact) mass is 373 g/mol. The summed E-state index contributed by atoms with van der Waals surface area (Å²) in [5.74, 6) is -3.22. The van der Waals surface area contributed by atoms with Gasteiger partial charge in [-0.05, 0) is 30.9 Å². The van der Waals surface area contributed by atoms with Crippen molar-refractivity contribution in [2.24, 2.45) is 5.92 Å². The van der Waals surface area contributed by atoms with E-state index in [0.29, 0.717) is 4.90 Å². The van der Waals surface area contributed by atoms with Crippen molar-refractivity contribution in [3.63, 3.8) is 0 Å². The first-order valence-electron chi connectivity index (χ1n) is 8.31. The van der Waals surface area contributed by atoms with Crippen LogP contribution in [0.2, 0.25) is 0 Å². The molecule has 2 heterocycles. The number of amides is 4. The van der Waals surface area contributed by atoms with Crippen molar-refractivity contribution < 1.29 is 32.0 Å². The normalized spacial score (nSPS) is 24.7. The Kier molecular flexibility index (Phi) is 4.68. The topological polar surface area (TPSA) is 91.7 Å². The van der Waals surface area contributed by atoms with E-state index < -0.39 is 35.4 Å².